The van der Waals surface area contributed by atoms with Gasteiger partial charge in [0.25, 0.3) is 0 Å². The van der Waals surface area contributed by atoms with Crippen molar-refractivity contribution in [3.05, 3.63) is 138 Å². The second-order valence-electron chi connectivity index (χ2n) is 41.7. The highest BCUT2D eigenvalue weighted by atomic mass is 16.5. The van der Waals surface area contributed by atoms with Crippen LogP contribution in [-0.4, -0.2) is 146 Å². The summed E-state index contributed by atoms with van der Waals surface area (Å²) in [6.45, 7) is 61.2. The van der Waals surface area contributed by atoms with Crippen LogP contribution in [0.1, 0.15) is 401 Å². The summed E-state index contributed by atoms with van der Waals surface area (Å²) in [5.41, 5.74) is 3.92. The summed E-state index contributed by atoms with van der Waals surface area (Å²) in [7, 11) is 1.71. The third-order valence-corrected chi connectivity index (χ3v) is 26.2. The Morgan fingerprint density at radius 1 is 0.328 bits per heavy atom. The summed E-state index contributed by atoms with van der Waals surface area (Å²) in [6, 6.07) is 40.7. The van der Waals surface area contributed by atoms with Crippen molar-refractivity contribution >= 4 is 0 Å². The first kappa shape index (κ1) is 123. The van der Waals surface area contributed by atoms with Crippen molar-refractivity contribution in [3.63, 3.8) is 0 Å². The van der Waals surface area contributed by atoms with Crippen molar-refractivity contribution < 1.29 is 61.6 Å². The van der Waals surface area contributed by atoms with Gasteiger partial charge in [-0.1, -0.05) is 212 Å². The summed E-state index contributed by atoms with van der Waals surface area (Å²) in [5, 5.41) is 0. The van der Waals surface area contributed by atoms with Crippen molar-refractivity contribution in [3.8, 4) is 5.75 Å². The molecule has 131 heavy (non-hydrogen) atoms. The van der Waals surface area contributed by atoms with Crippen LogP contribution in [0.5, 0.6) is 5.75 Å². The highest BCUT2D eigenvalue weighted by Gasteiger charge is 2.41. The molecule has 13 heteroatoms. The maximum atomic E-state index is 5.69. The van der Waals surface area contributed by atoms with Crippen molar-refractivity contribution in [2.24, 2.45) is 59.2 Å². The van der Waals surface area contributed by atoms with Crippen LogP contribution in [0.4, 0.5) is 0 Å². The third kappa shape index (κ3) is 68.8. The van der Waals surface area contributed by atoms with Crippen LogP contribution < -0.4 is 4.74 Å². The SMILES string of the molecule is CC(C)OC1CCCC1.CC(C)OC1CCCCC1.CC(C)OCCc1ccccc1.CC(C)OCc1ccccc1.CC(C)Oc1ccccc1.CCC(C)OCc1ccccc1.CCOC(C)(C)C.CCOC1CC2CCC1C2.CCOCC1CC2CCC1C2.CCOCC1CCCCC1.CCOCCC1CC2CCC1C2.CCOCCC1CCCCC1.COC(C)(C)C. The van der Waals surface area contributed by atoms with Crippen LogP contribution in [0.3, 0.4) is 0 Å². The molecule has 10 unspecified atom stereocenters. The Hall–Kier alpha value is -3.80. The summed E-state index contributed by atoms with van der Waals surface area (Å²) in [6.07, 6.45) is 52.9. The fourth-order valence-corrected chi connectivity index (χ4v) is 19.1. The summed E-state index contributed by atoms with van der Waals surface area (Å²) >= 11 is 0. The number of benzene rings is 4. The molecule has 0 spiro atoms. The molecule has 0 heterocycles. The predicted molar refractivity (Wildman–Crippen MR) is 558 cm³/mol. The Morgan fingerprint density at radius 2 is 0.725 bits per heavy atom. The Morgan fingerprint density at radius 3 is 1.09 bits per heavy atom. The van der Waals surface area contributed by atoms with E-state index in [1.165, 1.54) is 229 Å². The van der Waals surface area contributed by atoms with Gasteiger partial charge in [0.05, 0.1) is 86.0 Å². The lowest BCUT2D eigenvalue weighted by molar-refractivity contribution is -0.0118. The number of rotatable bonds is 34. The molecule has 0 radical (unpaired) electrons. The van der Waals surface area contributed by atoms with Gasteiger partial charge in [0.15, 0.2) is 0 Å². The van der Waals surface area contributed by atoms with E-state index in [4.69, 9.17) is 61.6 Å². The van der Waals surface area contributed by atoms with Crippen molar-refractivity contribution in [2.45, 2.75) is 470 Å². The molecule has 4 aromatic rings. The first-order valence-corrected chi connectivity index (χ1v) is 54.1. The van der Waals surface area contributed by atoms with Crippen molar-refractivity contribution in [2.75, 3.05) is 79.8 Å². The molecule has 14 rings (SSSR count). The van der Waals surface area contributed by atoms with E-state index in [2.05, 4.69) is 159 Å². The Labute approximate surface area is 809 Å². The van der Waals surface area contributed by atoms with E-state index in [0.717, 1.165) is 164 Å². The van der Waals surface area contributed by atoms with Crippen molar-refractivity contribution in [1.29, 1.82) is 0 Å². The Kier molecular flexibility index (Phi) is 74.4. The maximum Gasteiger partial charge on any atom is 0.119 e. The van der Waals surface area contributed by atoms with Gasteiger partial charge in [-0.3, -0.25) is 0 Å². The molecule has 4 aromatic carbocycles. The van der Waals surface area contributed by atoms with E-state index >= 15 is 0 Å². The molecule has 13 nitrogen and oxygen atoms in total. The quantitative estimate of drug-likeness (QED) is 0.0413. The fourth-order valence-electron chi connectivity index (χ4n) is 19.1. The molecule has 760 valence electrons. The van der Waals surface area contributed by atoms with E-state index in [0.29, 0.717) is 48.8 Å². The second kappa shape index (κ2) is 79.0. The third-order valence-electron chi connectivity index (χ3n) is 26.2. The maximum absolute atomic E-state index is 5.69. The van der Waals surface area contributed by atoms with Crippen LogP contribution >= 0.6 is 0 Å². The van der Waals surface area contributed by atoms with Gasteiger partial charge in [-0.05, 0) is 376 Å². The number of hydrogen-bond acceptors (Lipinski definition) is 13. The lowest BCUT2D eigenvalue weighted by atomic mass is 9.87. The van der Waals surface area contributed by atoms with Crippen LogP contribution in [0, 0.1) is 59.2 Å². The number of methoxy groups -OCH3 is 1. The lowest BCUT2D eigenvalue weighted by Crippen LogP contribution is -2.20. The molecule has 0 aromatic heterocycles. The molecule has 0 aliphatic heterocycles. The molecular weight excluding hydrogens is 1630 g/mol. The number of ether oxygens (including phenoxy) is 13. The number of fused-ring (bicyclic) bond motifs is 6. The standard InChI is InChI=1S/C11H20O.2C11H16O.C10H18O.C10H14O.C10H20O.C9H16O.C9H18O.C9H12O.C9H18O.C8H16O.C6H14O.C5H12O/c1-2-12-6-5-11-8-9-3-4-10(11)7-9;1-10(2)12-9-8-11-6-4-3-5-7-11;1-3-10(2)12-9-11-7-5-4-6-8-11;1-2-11-7-10-6-8-3-4-9(10)5-8;1-9(2)11-8-10-6-4-3-5-7-10;1-2-11-9-8-10-6-4-3-5-7-10;1-2-10-9-6-7-3-4-8(9)5-7;2*1-8(2)10-9-6-4-3-5-7-9;1-2-10-8-9-6-4-3-5-7-9;1-7(2)9-8-5-3-4-6-8;1-5-7-6(2,3)4;1-5(2,3)6-4/h9-11H,2-8H2,1H3;3-7,10H,8-9H2,1-2H3;4-8,10H,3,9H2,1-2H3;8-10H,2-7H2,1H3;3-7,9H,8H2,1-2H3;10H,2-9H2,1H3;7-9H,2-6H2,1H3;8-9H,3-7H2,1-2H3;3-8H,1-2H3;9H,2-8H2,1H3;7-8H,3-6H2,1-2H3;5H2,1-4H3;1-4H3. The molecule has 0 saturated heterocycles. The molecule has 10 aliphatic carbocycles. The molecule has 10 atom stereocenters. The molecule has 6 bridgehead atoms. The fraction of sp³-hybridized carbons (Fsp3) is 0.797. The monoisotopic (exact) mass is 1840 g/mol. The minimum absolute atomic E-state index is 0.0417. The van der Waals surface area contributed by atoms with Gasteiger partial charge in [-0.15, -0.1) is 0 Å². The van der Waals surface area contributed by atoms with Gasteiger partial charge in [-0.2, -0.15) is 0 Å². The zero-order valence-corrected chi connectivity index (χ0v) is 89.8. The van der Waals surface area contributed by atoms with Crippen LogP contribution in [-0.2, 0) is 76.5 Å². The topological polar surface area (TPSA) is 120 Å². The van der Waals surface area contributed by atoms with Crippen LogP contribution in [0.15, 0.2) is 121 Å². The Bertz CT molecular complexity index is 3040. The molecule has 0 amide bonds. The summed E-state index contributed by atoms with van der Waals surface area (Å²) in [5.74, 6) is 11.0. The average Bonchev–Trinajstić information content (AvgIpc) is 1.69. The highest BCUT2D eigenvalue weighted by Crippen LogP contribution is 2.50. The van der Waals surface area contributed by atoms with E-state index in [1.807, 2.05) is 128 Å². The first-order chi connectivity index (χ1) is 62.9. The summed E-state index contributed by atoms with van der Waals surface area (Å²) in [4.78, 5) is 0. The van der Waals surface area contributed by atoms with Gasteiger partial charge in [0.1, 0.15) is 5.75 Å². The van der Waals surface area contributed by atoms with Gasteiger partial charge < -0.3 is 61.6 Å². The first-order valence-electron chi connectivity index (χ1n) is 54.1. The zero-order chi connectivity index (χ0) is 96.6. The minimum Gasteiger partial charge on any atom is -0.491 e. The van der Waals surface area contributed by atoms with Crippen molar-refractivity contribution in [1.82, 2.24) is 0 Å². The van der Waals surface area contributed by atoms with E-state index < -0.39 is 0 Å². The van der Waals surface area contributed by atoms with Crippen LogP contribution in [0.2, 0.25) is 0 Å². The van der Waals surface area contributed by atoms with Crippen LogP contribution in [0.25, 0.3) is 0 Å². The zero-order valence-electron chi connectivity index (χ0n) is 89.8. The normalized spacial score (nSPS) is 22.0. The molecular formula is C118H210O13. The molecule has 10 fully saturated rings. The number of para-hydroxylation sites is 1. The largest absolute Gasteiger partial charge is 0.491 e. The predicted octanol–water partition coefficient (Wildman–Crippen LogP) is 32.2. The smallest absolute Gasteiger partial charge is 0.119 e. The number of hydrogen-bond donors (Lipinski definition) is 0. The minimum atomic E-state index is 0.0417. The molecule has 10 saturated carbocycles. The van der Waals surface area contributed by atoms with E-state index in [1.54, 1.807) is 7.11 Å². The summed E-state index contributed by atoms with van der Waals surface area (Å²) < 4.78 is 70.6. The average molecular weight is 1840 g/mol. The second-order valence-corrected chi connectivity index (χ2v) is 41.7. The lowest BCUT2D eigenvalue weighted by Gasteiger charge is -2.23. The van der Waals surface area contributed by atoms with Gasteiger partial charge in [-0.25, -0.2) is 0 Å². The molecule has 0 N–H and O–H groups in total. The Balaban J connectivity index is 0.000000482. The van der Waals surface area contributed by atoms with E-state index in [-0.39, 0.29) is 17.3 Å². The van der Waals surface area contributed by atoms with Gasteiger partial charge in [0, 0.05) is 73.2 Å². The molecule has 10 aliphatic rings. The van der Waals surface area contributed by atoms with E-state index in [9.17, 15) is 0 Å². The van der Waals surface area contributed by atoms with Gasteiger partial charge in [0.2, 0.25) is 0 Å². The highest BCUT2D eigenvalue weighted by molar-refractivity contribution is 5.21. The van der Waals surface area contributed by atoms with Gasteiger partial charge >= 0.3 is 0 Å².